The van der Waals surface area contributed by atoms with Crippen LogP contribution in [0.5, 0.6) is 0 Å². The highest BCUT2D eigenvalue weighted by atomic mass is 14.8. The molecule has 4 aliphatic rings. The topological polar surface area (TPSA) is 51.6 Å². The molecule has 0 bridgehead atoms. The van der Waals surface area contributed by atoms with E-state index in [-0.39, 0.29) is 21.7 Å². The molecule has 0 saturated carbocycles. The van der Waals surface area contributed by atoms with Crippen LogP contribution in [0, 0.1) is 0 Å². The molecule has 0 unspecified atom stereocenters. The lowest BCUT2D eigenvalue weighted by atomic mass is 9.82. The quantitative estimate of drug-likeness (QED) is 0.177. The number of benzene rings is 5. The SMILES string of the molecule is CC1(C)c2ccccc2-c2nc(-c3ccc4c(c3)-c3nc(-c5ccc(-c6ccc7c(n6)-c6cc(-c8ccc9c(n8)-c8ccccc8C9(C)C)ccc6C7(C)C)cc5)ccc3C4(C)C)ccc21. The zero-order valence-electron chi connectivity index (χ0n) is 38.8. The summed E-state index contributed by atoms with van der Waals surface area (Å²) in [7, 11) is 0. The largest absolute Gasteiger partial charge is 0.247 e. The summed E-state index contributed by atoms with van der Waals surface area (Å²) in [5.74, 6) is 0. The fourth-order valence-corrected chi connectivity index (χ4v) is 12.1. The van der Waals surface area contributed by atoms with Crippen molar-refractivity contribution in [3.05, 3.63) is 202 Å². The van der Waals surface area contributed by atoms with E-state index in [1.165, 1.54) is 66.8 Å². The second kappa shape index (κ2) is 13.2. The molecule has 4 nitrogen and oxygen atoms in total. The first-order chi connectivity index (χ1) is 31.7. The minimum atomic E-state index is -0.166. The van der Waals surface area contributed by atoms with Crippen LogP contribution in [0.2, 0.25) is 0 Å². The van der Waals surface area contributed by atoms with Crippen LogP contribution >= 0.6 is 0 Å². The van der Waals surface area contributed by atoms with Crippen molar-refractivity contribution in [1.29, 1.82) is 0 Å². The molecule has 0 amide bonds. The van der Waals surface area contributed by atoms with Gasteiger partial charge >= 0.3 is 0 Å². The van der Waals surface area contributed by atoms with Crippen molar-refractivity contribution in [3.63, 3.8) is 0 Å². The molecule has 4 aliphatic carbocycles. The summed E-state index contributed by atoms with van der Waals surface area (Å²) in [5, 5.41) is 0. The van der Waals surface area contributed by atoms with Gasteiger partial charge in [0.25, 0.3) is 0 Å². The van der Waals surface area contributed by atoms with Gasteiger partial charge in [0.15, 0.2) is 0 Å². The summed E-state index contributed by atoms with van der Waals surface area (Å²) < 4.78 is 0. The summed E-state index contributed by atoms with van der Waals surface area (Å²) in [6.07, 6.45) is 0. The molecule has 9 aromatic rings. The van der Waals surface area contributed by atoms with Gasteiger partial charge in [0.1, 0.15) is 0 Å². The Morgan fingerprint density at radius 2 is 0.500 bits per heavy atom. The Morgan fingerprint density at radius 1 is 0.242 bits per heavy atom. The third-order valence-electron chi connectivity index (χ3n) is 15.9. The maximum Gasteiger partial charge on any atom is 0.0753 e. The molecule has 318 valence electrons. The lowest BCUT2D eigenvalue weighted by molar-refractivity contribution is 0.658. The van der Waals surface area contributed by atoms with Gasteiger partial charge in [0, 0.05) is 66.2 Å². The maximum absolute atomic E-state index is 5.42. The monoisotopic (exact) mass is 850 g/mol. The molecule has 0 fully saturated rings. The Kier molecular flexibility index (Phi) is 7.80. The van der Waals surface area contributed by atoms with Crippen LogP contribution in [0.4, 0.5) is 0 Å². The van der Waals surface area contributed by atoms with E-state index in [2.05, 4.69) is 213 Å². The standard InChI is InChI=1S/C62H50N4/c1-59(2)43-15-11-9-13-39(43)55-47(59)27-31-53(65-55)37-21-23-45-41(33-37)57-49(61(45,5)6)25-29-51(63-57)35-17-19-36(20-18-35)52-30-26-50-58(64-52)42-34-38(22-24-46(42)62(50,7)8)54-32-28-48-56(66-54)40-14-10-12-16-44(40)60(48,3)4/h9-34H,1-8H3. The van der Waals surface area contributed by atoms with Crippen LogP contribution < -0.4 is 0 Å². The van der Waals surface area contributed by atoms with Crippen LogP contribution in [-0.4, -0.2) is 19.9 Å². The van der Waals surface area contributed by atoms with Crippen LogP contribution in [0.25, 0.3) is 90.1 Å². The van der Waals surface area contributed by atoms with Crippen molar-refractivity contribution in [2.75, 3.05) is 0 Å². The Labute approximate surface area is 387 Å². The minimum absolute atomic E-state index is 0.0726. The van der Waals surface area contributed by atoms with Crippen molar-refractivity contribution in [2.45, 2.75) is 77.0 Å². The minimum Gasteiger partial charge on any atom is -0.247 e. The molecule has 4 aromatic heterocycles. The van der Waals surface area contributed by atoms with Gasteiger partial charge < -0.3 is 0 Å². The zero-order valence-corrected chi connectivity index (χ0v) is 38.8. The fourth-order valence-electron chi connectivity index (χ4n) is 12.1. The highest BCUT2D eigenvalue weighted by Gasteiger charge is 2.41. The molecule has 5 aromatic carbocycles. The predicted molar refractivity (Wildman–Crippen MR) is 270 cm³/mol. The fraction of sp³-hybridized carbons (Fsp3) is 0.194. The summed E-state index contributed by atoms with van der Waals surface area (Å²) in [4.78, 5) is 21.5. The predicted octanol–water partition coefficient (Wildman–Crippen LogP) is 15.2. The Morgan fingerprint density at radius 3 is 0.848 bits per heavy atom. The Balaban J connectivity index is 0.822. The molecule has 66 heavy (non-hydrogen) atoms. The molecule has 0 atom stereocenters. The number of pyridine rings is 4. The average molecular weight is 851 g/mol. The number of aromatic nitrogens is 4. The number of nitrogens with zero attached hydrogens (tertiary/aromatic N) is 4. The highest BCUT2D eigenvalue weighted by molar-refractivity contribution is 5.87. The first-order valence-corrected chi connectivity index (χ1v) is 23.4. The lowest BCUT2D eigenvalue weighted by Crippen LogP contribution is -2.15. The van der Waals surface area contributed by atoms with E-state index in [1.54, 1.807) is 0 Å². The van der Waals surface area contributed by atoms with E-state index in [0.29, 0.717) is 0 Å². The zero-order chi connectivity index (χ0) is 45.1. The summed E-state index contributed by atoms with van der Waals surface area (Å²) >= 11 is 0. The molecule has 0 aliphatic heterocycles. The molecule has 4 heteroatoms. The van der Waals surface area contributed by atoms with Crippen molar-refractivity contribution in [3.8, 4) is 90.1 Å². The van der Waals surface area contributed by atoms with E-state index in [4.69, 9.17) is 19.9 Å². The van der Waals surface area contributed by atoms with Gasteiger partial charge in [-0.05, 0) is 80.9 Å². The van der Waals surface area contributed by atoms with E-state index in [0.717, 1.165) is 67.8 Å². The number of fused-ring (bicyclic) bond motifs is 12. The van der Waals surface area contributed by atoms with Crippen LogP contribution in [-0.2, 0) is 21.7 Å². The molecule has 0 radical (unpaired) electrons. The average Bonchev–Trinajstić information content (AvgIpc) is 3.90. The summed E-state index contributed by atoms with van der Waals surface area (Å²) in [5.41, 5.74) is 27.3. The molecule has 0 N–H and O–H groups in total. The van der Waals surface area contributed by atoms with Gasteiger partial charge in [0.05, 0.1) is 45.6 Å². The van der Waals surface area contributed by atoms with Gasteiger partial charge in [-0.2, -0.15) is 0 Å². The van der Waals surface area contributed by atoms with Crippen molar-refractivity contribution >= 4 is 0 Å². The van der Waals surface area contributed by atoms with Crippen molar-refractivity contribution in [1.82, 2.24) is 19.9 Å². The van der Waals surface area contributed by atoms with Gasteiger partial charge in [-0.15, -0.1) is 0 Å². The normalized spacial score (nSPS) is 16.4. The number of rotatable bonds is 4. The first-order valence-electron chi connectivity index (χ1n) is 23.4. The molecule has 4 heterocycles. The number of hydrogen-bond acceptors (Lipinski definition) is 4. The summed E-state index contributed by atoms with van der Waals surface area (Å²) in [6.45, 7) is 18.5. The van der Waals surface area contributed by atoms with Crippen LogP contribution in [0.15, 0.2) is 158 Å². The number of hydrogen-bond donors (Lipinski definition) is 0. The Hall–Kier alpha value is -7.30. The molecule has 13 rings (SSSR count). The van der Waals surface area contributed by atoms with E-state index in [9.17, 15) is 0 Å². The third kappa shape index (κ3) is 5.27. The van der Waals surface area contributed by atoms with Gasteiger partial charge in [-0.3, -0.25) is 0 Å². The van der Waals surface area contributed by atoms with E-state index in [1.807, 2.05) is 0 Å². The first kappa shape index (κ1) is 39.1. The molecular weight excluding hydrogens is 801 g/mol. The maximum atomic E-state index is 5.42. The van der Waals surface area contributed by atoms with Gasteiger partial charge in [-0.1, -0.05) is 177 Å². The molecule has 0 saturated heterocycles. The third-order valence-corrected chi connectivity index (χ3v) is 15.9. The van der Waals surface area contributed by atoms with E-state index < -0.39 is 0 Å². The summed E-state index contributed by atoms with van der Waals surface area (Å²) in [6, 6.07) is 57.8. The molecular formula is C62H50N4. The second-order valence-electron chi connectivity index (χ2n) is 21.1. The highest BCUT2D eigenvalue weighted by Crippen LogP contribution is 2.53. The van der Waals surface area contributed by atoms with E-state index >= 15 is 0 Å². The second-order valence-corrected chi connectivity index (χ2v) is 21.1. The van der Waals surface area contributed by atoms with Crippen molar-refractivity contribution < 1.29 is 0 Å². The van der Waals surface area contributed by atoms with Crippen LogP contribution in [0.1, 0.15) is 99.9 Å². The van der Waals surface area contributed by atoms with Gasteiger partial charge in [-0.25, -0.2) is 19.9 Å². The lowest BCUT2D eigenvalue weighted by Gasteiger charge is -2.21. The van der Waals surface area contributed by atoms with Crippen LogP contribution in [0.3, 0.4) is 0 Å². The van der Waals surface area contributed by atoms with Crippen molar-refractivity contribution in [2.24, 2.45) is 0 Å². The smallest absolute Gasteiger partial charge is 0.0753 e. The molecule has 0 spiro atoms. The Bertz CT molecular complexity index is 3350. The van der Waals surface area contributed by atoms with Gasteiger partial charge in [0.2, 0.25) is 0 Å².